The number of nitrogens with zero attached hydrogens (tertiary/aromatic N) is 1. The average Bonchev–Trinajstić information content (AvgIpc) is 2.59. The summed E-state index contributed by atoms with van der Waals surface area (Å²) in [5.74, 6) is -1.19. The molecule has 0 aliphatic rings. The quantitative estimate of drug-likeness (QED) is 0.739. The van der Waals surface area contributed by atoms with Crippen molar-refractivity contribution in [2.75, 3.05) is 6.26 Å². The lowest BCUT2D eigenvalue weighted by Crippen LogP contribution is -2.43. The molecular weight excluding hydrogens is 420 g/mol. The summed E-state index contributed by atoms with van der Waals surface area (Å²) in [6, 6.07) is 11.5. The molecule has 0 aliphatic carbocycles. The number of amides is 1. The Kier molecular flexibility index (Phi) is 7.03. The van der Waals surface area contributed by atoms with Gasteiger partial charge in [0.2, 0.25) is 10.0 Å². The van der Waals surface area contributed by atoms with Crippen molar-refractivity contribution in [2.45, 2.75) is 36.6 Å². The predicted octanol–water partition coefficient (Wildman–Crippen LogP) is 3.63. The molecule has 152 valence electrons. The fraction of sp³-hybridized carbons (Fsp3) is 0.316. The van der Waals surface area contributed by atoms with E-state index in [4.69, 9.17) is 11.6 Å². The van der Waals surface area contributed by atoms with E-state index in [2.05, 4.69) is 9.08 Å². The lowest BCUT2D eigenvalue weighted by molar-refractivity contribution is -0.120. The highest BCUT2D eigenvalue weighted by Crippen LogP contribution is 2.19. The third-order valence-corrected chi connectivity index (χ3v) is 7.34. The highest BCUT2D eigenvalue weighted by Gasteiger charge is 2.29. The molecule has 1 unspecified atom stereocenters. The molecule has 1 amide bonds. The first kappa shape index (κ1) is 22.5. The van der Waals surface area contributed by atoms with Crippen LogP contribution in [-0.2, 0) is 24.5 Å². The number of hydrogen-bond acceptors (Lipinski definition) is 4. The number of halogens is 1. The fourth-order valence-electron chi connectivity index (χ4n) is 2.47. The third-order valence-electron chi connectivity index (χ3n) is 4.01. The summed E-state index contributed by atoms with van der Waals surface area (Å²) >= 11 is 5.86. The Morgan fingerprint density at radius 3 is 2.21 bits per heavy atom. The van der Waals surface area contributed by atoms with Gasteiger partial charge >= 0.3 is 0 Å². The standard InChI is InChI=1S/C19H23ClN2O4S2/c1-13(2)18(21-28(25,26)17-10-6-8-15(20)12-17)19(23)22-27(4,24)16-9-5-7-14(3)11-16/h5-13,18,21H,1-4H3/t18-,27?/m0/s1. The normalized spacial score (nSPS) is 15.1. The van der Waals surface area contributed by atoms with Gasteiger partial charge in [-0.2, -0.15) is 9.08 Å². The predicted molar refractivity (Wildman–Crippen MR) is 111 cm³/mol. The molecule has 9 heteroatoms. The number of benzene rings is 2. The molecule has 0 saturated carbocycles. The van der Waals surface area contributed by atoms with Gasteiger partial charge in [-0.25, -0.2) is 12.6 Å². The number of hydrogen-bond donors (Lipinski definition) is 1. The SMILES string of the molecule is Cc1cccc(S(C)(=O)=NC(=O)[C@@H](NS(=O)(=O)c2cccc(Cl)c2)C(C)C)c1. The van der Waals surface area contributed by atoms with Crippen LogP contribution in [-0.4, -0.2) is 30.8 Å². The van der Waals surface area contributed by atoms with Gasteiger partial charge in [0, 0.05) is 16.2 Å². The molecule has 28 heavy (non-hydrogen) atoms. The zero-order chi connectivity index (χ0) is 21.1. The number of nitrogens with one attached hydrogen (secondary N) is 1. The molecule has 1 N–H and O–H groups in total. The molecule has 2 aromatic carbocycles. The molecule has 0 bridgehead atoms. The minimum Gasteiger partial charge on any atom is -0.270 e. The van der Waals surface area contributed by atoms with E-state index < -0.39 is 37.6 Å². The summed E-state index contributed by atoms with van der Waals surface area (Å²) in [6.45, 7) is 5.21. The van der Waals surface area contributed by atoms with Crippen molar-refractivity contribution < 1.29 is 17.4 Å². The van der Waals surface area contributed by atoms with Crippen LogP contribution in [0.1, 0.15) is 19.4 Å². The molecule has 0 radical (unpaired) electrons. The first-order valence-electron chi connectivity index (χ1n) is 8.53. The van der Waals surface area contributed by atoms with E-state index in [1.165, 1.54) is 24.5 Å². The van der Waals surface area contributed by atoms with Gasteiger partial charge in [-0.05, 0) is 48.7 Å². The van der Waals surface area contributed by atoms with Crippen molar-refractivity contribution in [3.8, 4) is 0 Å². The van der Waals surface area contributed by atoms with Crippen LogP contribution in [0.25, 0.3) is 0 Å². The fourth-order valence-corrected chi connectivity index (χ4v) is 5.41. The number of carbonyl (C=O) groups is 1. The van der Waals surface area contributed by atoms with Crippen LogP contribution in [0, 0.1) is 12.8 Å². The Morgan fingerprint density at radius 1 is 1.04 bits per heavy atom. The summed E-state index contributed by atoms with van der Waals surface area (Å²) in [5.41, 5.74) is 0.886. The molecule has 0 saturated heterocycles. The van der Waals surface area contributed by atoms with Gasteiger partial charge in [-0.3, -0.25) is 4.79 Å². The van der Waals surface area contributed by atoms with E-state index in [1.807, 2.05) is 13.0 Å². The molecule has 2 aromatic rings. The Hall–Kier alpha value is -1.74. The first-order chi connectivity index (χ1) is 12.9. The monoisotopic (exact) mass is 442 g/mol. The van der Waals surface area contributed by atoms with Crippen LogP contribution < -0.4 is 4.72 Å². The second-order valence-electron chi connectivity index (χ2n) is 6.85. The second-order valence-corrected chi connectivity index (χ2v) is 11.3. The van der Waals surface area contributed by atoms with Crippen molar-refractivity contribution in [3.05, 3.63) is 59.1 Å². The van der Waals surface area contributed by atoms with E-state index in [0.29, 0.717) is 4.90 Å². The van der Waals surface area contributed by atoms with Crippen LogP contribution in [0.2, 0.25) is 5.02 Å². The average molecular weight is 443 g/mol. The van der Waals surface area contributed by atoms with E-state index in [-0.39, 0.29) is 9.92 Å². The Balaban J connectivity index is 2.38. The summed E-state index contributed by atoms with van der Waals surface area (Å²) in [6.07, 6.45) is 1.36. The molecule has 0 aliphatic heterocycles. The van der Waals surface area contributed by atoms with Crippen LogP contribution in [0.15, 0.2) is 62.7 Å². The smallest absolute Gasteiger partial charge is 0.270 e. The van der Waals surface area contributed by atoms with Crippen LogP contribution in [0.5, 0.6) is 0 Å². The lowest BCUT2D eigenvalue weighted by atomic mass is 10.1. The molecule has 6 nitrogen and oxygen atoms in total. The molecule has 2 rings (SSSR count). The van der Waals surface area contributed by atoms with Gasteiger partial charge in [-0.15, -0.1) is 0 Å². The largest absolute Gasteiger partial charge is 0.272 e. The summed E-state index contributed by atoms with van der Waals surface area (Å²) < 4.78 is 44.5. The first-order valence-corrected chi connectivity index (χ1v) is 12.3. The van der Waals surface area contributed by atoms with Crippen LogP contribution >= 0.6 is 11.6 Å². The van der Waals surface area contributed by atoms with E-state index in [9.17, 15) is 17.4 Å². The maximum absolute atomic E-state index is 13.0. The van der Waals surface area contributed by atoms with Crippen molar-refractivity contribution in [1.29, 1.82) is 0 Å². The van der Waals surface area contributed by atoms with Gasteiger partial charge < -0.3 is 0 Å². The number of aryl methyl sites for hydroxylation is 1. The van der Waals surface area contributed by atoms with E-state index >= 15 is 0 Å². The number of rotatable bonds is 6. The van der Waals surface area contributed by atoms with Gasteiger partial charge in [-0.1, -0.05) is 43.6 Å². The van der Waals surface area contributed by atoms with Gasteiger partial charge in [0.1, 0.15) is 6.04 Å². The minimum atomic E-state index is -4.01. The van der Waals surface area contributed by atoms with E-state index in [1.54, 1.807) is 38.1 Å². The van der Waals surface area contributed by atoms with Gasteiger partial charge in [0.05, 0.1) is 14.6 Å². The highest BCUT2D eigenvalue weighted by molar-refractivity contribution is 7.93. The molecular formula is C19H23ClN2O4S2. The third kappa shape index (κ3) is 5.64. The summed E-state index contributed by atoms with van der Waals surface area (Å²) in [7, 11) is -7.02. The lowest BCUT2D eigenvalue weighted by Gasteiger charge is -2.19. The zero-order valence-electron chi connectivity index (χ0n) is 16.0. The topological polar surface area (TPSA) is 92.7 Å². The maximum Gasteiger partial charge on any atom is 0.272 e. The van der Waals surface area contributed by atoms with Crippen molar-refractivity contribution in [1.82, 2.24) is 4.72 Å². The Bertz CT molecular complexity index is 1100. The zero-order valence-corrected chi connectivity index (χ0v) is 18.4. The van der Waals surface area contributed by atoms with Crippen LogP contribution in [0.4, 0.5) is 0 Å². The molecule has 0 aromatic heterocycles. The number of sulfonamides is 1. The van der Waals surface area contributed by atoms with E-state index in [0.717, 1.165) is 5.56 Å². The van der Waals surface area contributed by atoms with Crippen molar-refractivity contribution in [2.24, 2.45) is 10.3 Å². The van der Waals surface area contributed by atoms with Gasteiger partial charge in [0.15, 0.2) is 0 Å². The van der Waals surface area contributed by atoms with Gasteiger partial charge in [0.25, 0.3) is 5.91 Å². The second kappa shape index (κ2) is 8.73. The van der Waals surface area contributed by atoms with Crippen molar-refractivity contribution >= 4 is 37.3 Å². The molecule has 0 heterocycles. The summed E-state index contributed by atoms with van der Waals surface area (Å²) in [4.78, 5) is 13.1. The number of carbonyl (C=O) groups excluding carboxylic acids is 1. The highest BCUT2D eigenvalue weighted by atomic mass is 35.5. The Morgan fingerprint density at radius 2 is 1.64 bits per heavy atom. The molecule has 2 atom stereocenters. The van der Waals surface area contributed by atoms with Crippen molar-refractivity contribution in [3.63, 3.8) is 0 Å². The minimum absolute atomic E-state index is 0.0608. The van der Waals surface area contributed by atoms with Crippen LogP contribution in [0.3, 0.4) is 0 Å². The molecule has 0 spiro atoms. The molecule has 0 fully saturated rings. The Labute approximate surface area is 171 Å². The maximum atomic E-state index is 13.0. The summed E-state index contributed by atoms with van der Waals surface area (Å²) in [5, 5.41) is 0.260.